The maximum Gasteiger partial charge on any atom is 0.250 e. The minimum Gasteiger partial charge on any atom is -0.495 e. The topological polar surface area (TPSA) is 84.5 Å². The van der Waals surface area contributed by atoms with Gasteiger partial charge in [0.1, 0.15) is 9.96 Å². The molecule has 0 atom stereocenters. The van der Waals surface area contributed by atoms with Gasteiger partial charge in [0.15, 0.2) is 0 Å². The largest absolute Gasteiger partial charge is 0.495 e. The van der Waals surface area contributed by atoms with Crippen LogP contribution in [0.4, 0.5) is 5.69 Å². The number of benzene rings is 1. The Kier molecular flexibility index (Phi) is 6.74. The number of carbonyl (C=O) groups excluding carboxylic acids is 1. The van der Waals surface area contributed by atoms with Crippen molar-refractivity contribution in [2.75, 3.05) is 19.0 Å². The lowest BCUT2D eigenvalue weighted by Crippen LogP contribution is -2.33. The number of nitrogens with one attached hydrogen (secondary N) is 2. The van der Waals surface area contributed by atoms with Crippen LogP contribution in [0.25, 0.3) is 0 Å². The fourth-order valence-electron chi connectivity index (χ4n) is 3.50. The van der Waals surface area contributed by atoms with E-state index in [4.69, 9.17) is 4.74 Å². The van der Waals surface area contributed by atoms with Crippen LogP contribution in [0.15, 0.2) is 39.9 Å². The Morgan fingerprint density at radius 1 is 1.21 bits per heavy atom. The van der Waals surface area contributed by atoms with E-state index in [0.29, 0.717) is 22.2 Å². The summed E-state index contributed by atoms with van der Waals surface area (Å²) < 4.78 is 32.8. The lowest BCUT2D eigenvalue weighted by atomic mass is 9.81. The normalized spacial score (nSPS) is 19.9. The Morgan fingerprint density at radius 3 is 2.61 bits per heavy atom. The number of ether oxygens (including phenoxy) is 1. The summed E-state index contributed by atoms with van der Waals surface area (Å²) in [6, 6.07) is 9.03. The molecule has 8 heteroatoms. The van der Waals surface area contributed by atoms with Gasteiger partial charge in [-0.05, 0) is 67.7 Å². The second-order valence-corrected chi connectivity index (χ2v) is 10.1. The molecular formula is C20H26N2O4S2. The molecule has 2 N–H and O–H groups in total. The molecule has 0 bridgehead atoms. The van der Waals surface area contributed by atoms with E-state index in [-0.39, 0.29) is 17.7 Å². The van der Waals surface area contributed by atoms with Crippen LogP contribution < -0.4 is 14.8 Å². The average Bonchev–Trinajstić information content (AvgIpc) is 3.23. The van der Waals surface area contributed by atoms with Gasteiger partial charge in [0.25, 0.3) is 0 Å². The van der Waals surface area contributed by atoms with Crippen molar-refractivity contribution < 1.29 is 17.9 Å². The molecule has 0 saturated heterocycles. The first-order valence-electron chi connectivity index (χ1n) is 9.37. The number of aryl methyl sites for hydroxylation is 1. The molecule has 6 nitrogen and oxygen atoms in total. The summed E-state index contributed by atoms with van der Waals surface area (Å²) in [6.45, 7) is 2.39. The predicted molar refractivity (Wildman–Crippen MR) is 111 cm³/mol. The lowest BCUT2D eigenvalue weighted by molar-refractivity contribution is -0.121. The van der Waals surface area contributed by atoms with Crippen LogP contribution in [0.3, 0.4) is 0 Å². The first-order chi connectivity index (χ1) is 13.4. The molecule has 1 saturated carbocycles. The van der Waals surface area contributed by atoms with Crippen molar-refractivity contribution >= 4 is 33.0 Å². The van der Waals surface area contributed by atoms with E-state index in [1.807, 2.05) is 25.1 Å². The minimum absolute atomic E-state index is 0.00140. The first-order valence-corrected chi connectivity index (χ1v) is 11.7. The van der Waals surface area contributed by atoms with Gasteiger partial charge in [-0.25, -0.2) is 13.1 Å². The summed E-state index contributed by atoms with van der Waals surface area (Å²) in [7, 11) is -1.84. The van der Waals surface area contributed by atoms with Crippen molar-refractivity contribution in [3.8, 4) is 5.75 Å². The second-order valence-electron chi connectivity index (χ2n) is 7.19. The summed E-state index contributed by atoms with van der Waals surface area (Å²) >= 11 is 1.21. The fourth-order valence-corrected chi connectivity index (χ4v) is 5.65. The van der Waals surface area contributed by atoms with E-state index in [2.05, 4.69) is 10.0 Å². The van der Waals surface area contributed by atoms with Crippen LogP contribution in [0, 0.1) is 18.8 Å². The SMILES string of the molecule is COc1ccc(C)cc1NC(=O)C1CCC(CNS(=O)(=O)c2cccs2)CC1. The molecule has 152 valence electrons. The van der Waals surface area contributed by atoms with E-state index >= 15 is 0 Å². The van der Waals surface area contributed by atoms with Crippen molar-refractivity contribution in [2.45, 2.75) is 36.8 Å². The molecule has 1 aromatic heterocycles. The van der Waals surface area contributed by atoms with Gasteiger partial charge in [-0.2, -0.15) is 0 Å². The number of amides is 1. The third-order valence-corrected chi connectivity index (χ3v) is 7.97. The zero-order valence-electron chi connectivity index (χ0n) is 16.1. The third kappa shape index (κ3) is 5.12. The molecule has 1 heterocycles. The highest BCUT2D eigenvalue weighted by atomic mass is 32.2. The molecule has 0 radical (unpaired) electrons. The molecule has 2 aromatic rings. The van der Waals surface area contributed by atoms with Crippen LogP contribution >= 0.6 is 11.3 Å². The van der Waals surface area contributed by atoms with Gasteiger partial charge in [0.05, 0.1) is 12.8 Å². The number of rotatable bonds is 7. The Bertz CT molecular complexity index is 902. The molecular weight excluding hydrogens is 396 g/mol. The zero-order chi connectivity index (χ0) is 20.1. The lowest BCUT2D eigenvalue weighted by Gasteiger charge is -2.28. The van der Waals surface area contributed by atoms with Gasteiger partial charge in [0.2, 0.25) is 15.9 Å². The maximum absolute atomic E-state index is 12.6. The number of hydrogen-bond acceptors (Lipinski definition) is 5. The summed E-state index contributed by atoms with van der Waals surface area (Å²) in [4.78, 5) is 12.6. The number of sulfonamides is 1. The Morgan fingerprint density at radius 2 is 1.96 bits per heavy atom. The monoisotopic (exact) mass is 422 g/mol. The summed E-state index contributed by atoms with van der Waals surface area (Å²) in [5.74, 6) is 0.847. The van der Waals surface area contributed by atoms with Gasteiger partial charge in [0, 0.05) is 12.5 Å². The highest BCUT2D eigenvalue weighted by Gasteiger charge is 2.28. The molecule has 0 spiro atoms. The summed E-state index contributed by atoms with van der Waals surface area (Å²) in [6.07, 6.45) is 3.17. The second kappa shape index (κ2) is 9.07. The minimum atomic E-state index is -3.42. The zero-order valence-corrected chi connectivity index (χ0v) is 17.7. The molecule has 1 amide bonds. The Hall–Kier alpha value is -1.90. The van der Waals surface area contributed by atoms with Crippen LogP contribution in [0.2, 0.25) is 0 Å². The van der Waals surface area contributed by atoms with Crippen molar-refractivity contribution in [1.29, 1.82) is 0 Å². The van der Waals surface area contributed by atoms with Crippen molar-refractivity contribution in [2.24, 2.45) is 11.8 Å². The standard InChI is InChI=1S/C20H26N2O4S2/c1-14-5-10-18(26-2)17(12-14)22-20(23)16-8-6-15(7-9-16)13-21-28(24,25)19-4-3-11-27-19/h3-5,10-12,15-16,21H,6-9,13H2,1-2H3,(H,22,23). The van der Waals surface area contributed by atoms with Crippen molar-refractivity contribution in [1.82, 2.24) is 4.72 Å². The number of hydrogen-bond donors (Lipinski definition) is 2. The van der Waals surface area contributed by atoms with Crippen LogP contribution in [-0.2, 0) is 14.8 Å². The maximum atomic E-state index is 12.6. The van der Waals surface area contributed by atoms with Gasteiger partial charge in [-0.15, -0.1) is 11.3 Å². The molecule has 1 fully saturated rings. The van der Waals surface area contributed by atoms with E-state index in [1.165, 1.54) is 11.3 Å². The average molecular weight is 423 g/mol. The molecule has 1 aliphatic carbocycles. The van der Waals surface area contributed by atoms with E-state index in [1.54, 1.807) is 24.6 Å². The highest BCUT2D eigenvalue weighted by molar-refractivity contribution is 7.91. The van der Waals surface area contributed by atoms with E-state index < -0.39 is 10.0 Å². The molecule has 0 unspecified atom stereocenters. The van der Waals surface area contributed by atoms with E-state index in [0.717, 1.165) is 31.2 Å². The van der Waals surface area contributed by atoms with Gasteiger partial charge in [-0.3, -0.25) is 4.79 Å². The van der Waals surface area contributed by atoms with Crippen LogP contribution in [0.1, 0.15) is 31.2 Å². The molecule has 1 aromatic carbocycles. The van der Waals surface area contributed by atoms with Gasteiger partial charge < -0.3 is 10.1 Å². The number of methoxy groups -OCH3 is 1. The smallest absolute Gasteiger partial charge is 0.250 e. The predicted octanol–water partition coefficient (Wildman–Crippen LogP) is 3.79. The Balaban J connectivity index is 1.50. The Labute approximate surface area is 170 Å². The highest BCUT2D eigenvalue weighted by Crippen LogP contribution is 2.31. The number of anilines is 1. The van der Waals surface area contributed by atoms with Gasteiger partial charge >= 0.3 is 0 Å². The number of carbonyl (C=O) groups is 1. The molecule has 0 aliphatic heterocycles. The first kappa shape index (κ1) is 20.8. The summed E-state index contributed by atoms with van der Waals surface area (Å²) in [5, 5.41) is 4.74. The van der Waals surface area contributed by atoms with Crippen molar-refractivity contribution in [3.63, 3.8) is 0 Å². The van der Waals surface area contributed by atoms with Crippen LogP contribution in [0.5, 0.6) is 5.75 Å². The number of thiophene rings is 1. The molecule has 1 aliphatic rings. The molecule has 28 heavy (non-hydrogen) atoms. The van der Waals surface area contributed by atoms with Crippen molar-refractivity contribution in [3.05, 3.63) is 41.3 Å². The molecule has 3 rings (SSSR count). The third-order valence-electron chi connectivity index (χ3n) is 5.15. The quantitative estimate of drug-likeness (QED) is 0.711. The van der Waals surface area contributed by atoms with E-state index in [9.17, 15) is 13.2 Å². The fraction of sp³-hybridized carbons (Fsp3) is 0.450. The van der Waals surface area contributed by atoms with Gasteiger partial charge in [-0.1, -0.05) is 12.1 Å². The summed E-state index contributed by atoms with van der Waals surface area (Å²) in [5.41, 5.74) is 1.75. The van der Waals surface area contributed by atoms with Crippen LogP contribution in [-0.4, -0.2) is 28.0 Å².